The van der Waals surface area contributed by atoms with Crippen LogP contribution in [-0.2, 0) is 10.8 Å². The van der Waals surface area contributed by atoms with Crippen molar-refractivity contribution in [3.63, 3.8) is 0 Å². The van der Waals surface area contributed by atoms with Crippen molar-refractivity contribution < 1.29 is 0 Å². The predicted octanol–water partition coefficient (Wildman–Crippen LogP) is 14.8. The third kappa shape index (κ3) is 5.14. The van der Waals surface area contributed by atoms with Gasteiger partial charge in [0, 0.05) is 27.8 Å². The molecular weight excluding hydrogens is 663 g/mol. The Morgan fingerprint density at radius 2 is 0.691 bits per heavy atom. The van der Waals surface area contributed by atoms with Gasteiger partial charge in [-0.2, -0.15) is 0 Å². The molecule has 0 saturated heterocycles. The molecule has 0 radical (unpaired) electrons. The lowest BCUT2D eigenvalue weighted by Gasteiger charge is -2.30. The van der Waals surface area contributed by atoms with Crippen LogP contribution in [0.3, 0.4) is 0 Å². The van der Waals surface area contributed by atoms with Crippen LogP contribution < -0.4 is 4.90 Å². The minimum atomic E-state index is -0.115. The van der Waals surface area contributed by atoms with Gasteiger partial charge in [-0.05, 0) is 103 Å². The van der Waals surface area contributed by atoms with E-state index in [4.69, 9.17) is 0 Å². The fourth-order valence-electron chi connectivity index (χ4n) is 9.76. The summed E-state index contributed by atoms with van der Waals surface area (Å²) < 4.78 is 0. The van der Waals surface area contributed by atoms with Gasteiger partial charge in [-0.25, -0.2) is 0 Å². The number of hydrogen-bond acceptors (Lipinski definition) is 1. The lowest BCUT2D eigenvalue weighted by atomic mass is 9.79. The molecule has 0 heterocycles. The van der Waals surface area contributed by atoms with Crippen LogP contribution in [0, 0.1) is 0 Å². The Hall–Kier alpha value is -6.44. The first-order valence-corrected chi connectivity index (χ1v) is 19.4. The highest BCUT2D eigenvalue weighted by atomic mass is 15.1. The van der Waals surface area contributed by atoms with E-state index >= 15 is 0 Å². The van der Waals surface area contributed by atoms with Crippen LogP contribution in [0.2, 0.25) is 0 Å². The summed E-state index contributed by atoms with van der Waals surface area (Å²) in [5.74, 6) is 0. The van der Waals surface area contributed by atoms with Gasteiger partial charge in [0.2, 0.25) is 0 Å². The maximum Gasteiger partial charge on any atom is 0.0540 e. The van der Waals surface area contributed by atoms with Crippen LogP contribution >= 0.6 is 0 Å². The Kier molecular flexibility index (Phi) is 7.58. The first-order valence-electron chi connectivity index (χ1n) is 19.4. The third-order valence-electron chi connectivity index (χ3n) is 12.2. The zero-order valence-electron chi connectivity index (χ0n) is 31.8. The number of para-hydroxylation sites is 1. The summed E-state index contributed by atoms with van der Waals surface area (Å²) in [7, 11) is 0. The highest BCUT2D eigenvalue weighted by Gasteiger charge is 2.38. The summed E-state index contributed by atoms with van der Waals surface area (Å²) in [5, 5.41) is 0. The normalized spacial score (nSPS) is 14.1. The van der Waals surface area contributed by atoms with Crippen molar-refractivity contribution in [2.24, 2.45) is 0 Å². The fourth-order valence-corrected chi connectivity index (χ4v) is 9.76. The molecule has 0 aliphatic heterocycles. The van der Waals surface area contributed by atoms with Crippen molar-refractivity contribution in [2.75, 3.05) is 4.90 Å². The lowest BCUT2D eigenvalue weighted by molar-refractivity contribution is 0.662. The van der Waals surface area contributed by atoms with Crippen LogP contribution in [0.15, 0.2) is 188 Å². The largest absolute Gasteiger partial charge is 0.310 e. The lowest BCUT2D eigenvalue weighted by Crippen LogP contribution is -2.16. The molecule has 55 heavy (non-hydrogen) atoms. The molecule has 0 fully saturated rings. The molecule has 10 rings (SSSR count). The van der Waals surface area contributed by atoms with Crippen molar-refractivity contribution >= 4 is 17.1 Å². The zero-order valence-corrected chi connectivity index (χ0v) is 31.8. The van der Waals surface area contributed by atoms with E-state index in [-0.39, 0.29) is 10.8 Å². The quantitative estimate of drug-likeness (QED) is 0.166. The van der Waals surface area contributed by atoms with Crippen LogP contribution in [0.1, 0.15) is 49.9 Å². The van der Waals surface area contributed by atoms with Gasteiger partial charge < -0.3 is 4.90 Å². The molecule has 0 spiro atoms. The van der Waals surface area contributed by atoms with Gasteiger partial charge in [0.1, 0.15) is 0 Å². The number of rotatable bonds is 6. The Labute approximate surface area is 325 Å². The molecule has 0 atom stereocenters. The number of nitrogens with zero attached hydrogens (tertiary/aromatic N) is 1. The summed E-state index contributed by atoms with van der Waals surface area (Å²) in [6.45, 7) is 9.50. The van der Waals surface area contributed by atoms with Gasteiger partial charge in [0.05, 0.1) is 5.69 Å². The van der Waals surface area contributed by atoms with E-state index in [1.807, 2.05) is 0 Å². The number of benzene rings is 8. The van der Waals surface area contributed by atoms with Crippen molar-refractivity contribution in [3.8, 4) is 55.6 Å². The van der Waals surface area contributed by atoms with E-state index in [9.17, 15) is 0 Å². The Balaban J connectivity index is 1.17. The predicted molar refractivity (Wildman–Crippen MR) is 233 cm³/mol. The summed E-state index contributed by atoms with van der Waals surface area (Å²) in [6.07, 6.45) is 0. The molecule has 0 saturated carbocycles. The molecule has 0 amide bonds. The number of hydrogen-bond donors (Lipinski definition) is 0. The van der Waals surface area contributed by atoms with E-state index in [1.54, 1.807) is 0 Å². The minimum Gasteiger partial charge on any atom is -0.310 e. The van der Waals surface area contributed by atoms with Crippen LogP contribution in [0.4, 0.5) is 17.1 Å². The van der Waals surface area contributed by atoms with Crippen LogP contribution in [0.5, 0.6) is 0 Å². The second kappa shape index (κ2) is 12.6. The van der Waals surface area contributed by atoms with E-state index < -0.39 is 0 Å². The molecule has 0 aromatic heterocycles. The molecule has 0 bridgehead atoms. The Bertz CT molecular complexity index is 2620. The molecule has 8 aromatic carbocycles. The summed E-state index contributed by atoms with van der Waals surface area (Å²) in [4.78, 5) is 2.46. The van der Waals surface area contributed by atoms with Crippen molar-refractivity contribution in [1.82, 2.24) is 0 Å². The second-order valence-electron chi connectivity index (χ2n) is 16.1. The topological polar surface area (TPSA) is 3.24 Å². The highest BCUT2D eigenvalue weighted by Crippen LogP contribution is 2.54. The van der Waals surface area contributed by atoms with E-state index in [0.29, 0.717) is 0 Å². The highest BCUT2D eigenvalue weighted by molar-refractivity contribution is 5.94. The SMILES string of the molecule is CC1(C)c2ccccc2-c2cccc(-c3cccc(N(c4cccc(-c5cccc6c5C(C)(C)c5ccccc5-6)c4)c4ccccc4-c4ccccc4)c3)c21. The van der Waals surface area contributed by atoms with Gasteiger partial charge in [-0.15, -0.1) is 0 Å². The molecule has 1 heteroatoms. The summed E-state index contributed by atoms with van der Waals surface area (Å²) in [5.41, 5.74) is 21.5. The standard InChI is InChI=1S/C54H43N/c1-53(2)48-31-11-8-25-44(48)46-29-16-27-42(51(46)53)37-20-14-22-39(34-37)55(50-33-13-10-24-41(50)36-18-6-5-7-19-36)40-23-15-21-38(35-40)43-28-17-30-47-45-26-9-12-32-49(45)54(3,4)52(43)47/h5-35H,1-4H3. The fraction of sp³-hybridized carbons (Fsp3) is 0.111. The molecular formula is C54H43N. The number of fused-ring (bicyclic) bond motifs is 6. The van der Waals surface area contributed by atoms with E-state index in [1.165, 1.54) is 77.9 Å². The average molecular weight is 706 g/mol. The first-order chi connectivity index (χ1) is 26.8. The number of anilines is 3. The maximum absolute atomic E-state index is 2.46. The van der Waals surface area contributed by atoms with Gasteiger partial charge in [-0.1, -0.05) is 185 Å². The Morgan fingerprint density at radius 1 is 0.309 bits per heavy atom. The van der Waals surface area contributed by atoms with Crippen LogP contribution in [0.25, 0.3) is 55.6 Å². The molecule has 2 aliphatic carbocycles. The monoisotopic (exact) mass is 705 g/mol. The second-order valence-corrected chi connectivity index (χ2v) is 16.1. The van der Waals surface area contributed by atoms with Gasteiger partial charge in [0.25, 0.3) is 0 Å². The van der Waals surface area contributed by atoms with Crippen molar-refractivity contribution in [3.05, 3.63) is 210 Å². The van der Waals surface area contributed by atoms with Crippen molar-refractivity contribution in [2.45, 2.75) is 38.5 Å². The maximum atomic E-state index is 2.46. The molecule has 1 nitrogen and oxygen atoms in total. The van der Waals surface area contributed by atoms with Gasteiger partial charge in [-0.3, -0.25) is 0 Å². The summed E-state index contributed by atoms with van der Waals surface area (Å²) in [6, 6.07) is 69.4. The molecule has 0 unspecified atom stereocenters. The third-order valence-corrected chi connectivity index (χ3v) is 12.2. The molecule has 0 N–H and O–H groups in total. The van der Waals surface area contributed by atoms with Crippen molar-refractivity contribution in [1.29, 1.82) is 0 Å². The Morgan fingerprint density at radius 3 is 1.22 bits per heavy atom. The smallest absolute Gasteiger partial charge is 0.0540 e. The first kappa shape index (κ1) is 33.2. The molecule has 264 valence electrons. The van der Waals surface area contributed by atoms with E-state index in [2.05, 4.69) is 221 Å². The van der Waals surface area contributed by atoms with Crippen LogP contribution in [-0.4, -0.2) is 0 Å². The zero-order chi connectivity index (χ0) is 37.3. The molecule has 2 aliphatic rings. The minimum absolute atomic E-state index is 0.115. The van der Waals surface area contributed by atoms with Gasteiger partial charge in [0.15, 0.2) is 0 Å². The van der Waals surface area contributed by atoms with E-state index in [0.717, 1.165) is 17.1 Å². The average Bonchev–Trinajstić information content (AvgIpc) is 3.62. The van der Waals surface area contributed by atoms with Gasteiger partial charge >= 0.3 is 0 Å². The summed E-state index contributed by atoms with van der Waals surface area (Å²) >= 11 is 0. The molecule has 8 aromatic rings.